The van der Waals surface area contributed by atoms with Gasteiger partial charge in [0.1, 0.15) is 5.82 Å². The number of carbonyl (C=O) groups excluding carboxylic acids is 1. The number of amides is 1. The zero-order valence-corrected chi connectivity index (χ0v) is 12.6. The smallest absolute Gasteiger partial charge is 0.253 e. The average molecular weight is 338 g/mol. The van der Waals surface area contributed by atoms with Gasteiger partial charge in [0.2, 0.25) is 11.1 Å². The number of rotatable bonds is 4. The fourth-order valence-electron chi connectivity index (χ4n) is 1.68. The summed E-state index contributed by atoms with van der Waals surface area (Å²) in [5, 5.41) is 7.37. The summed E-state index contributed by atoms with van der Waals surface area (Å²) in [6.07, 6.45) is 3.31. The Hall–Kier alpha value is -2.19. The van der Waals surface area contributed by atoms with Crippen LogP contribution in [0.5, 0.6) is 0 Å². The van der Waals surface area contributed by atoms with Crippen LogP contribution >= 0.6 is 23.4 Å². The van der Waals surface area contributed by atoms with Crippen LogP contribution in [0, 0.1) is 5.82 Å². The average Bonchev–Trinajstić information content (AvgIpc) is 2.92. The van der Waals surface area contributed by atoms with Gasteiger partial charge in [0.05, 0.1) is 11.4 Å². The molecule has 1 amide bonds. The van der Waals surface area contributed by atoms with Crippen LogP contribution in [0.3, 0.4) is 0 Å². The van der Waals surface area contributed by atoms with Crippen molar-refractivity contribution in [3.8, 4) is 0 Å². The zero-order chi connectivity index (χ0) is 15.5. The Balaban J connectivity index is 1.63. The Labute approximate surface area is 133 Å². The summed E-state index contributed by atoms with van der Waals surface area (Å²) in [5.41, 5.74) is 0.0442. The van der Waals surface area contributed by atoms with Gasteiger partial charge >= 0.3 is 0 Å². The minimum absolute atomic E-state index is 0.0442. The van der Waals surface area contributed by atoms with E-state index in [9.17, 15) is 9.18 Å². The predicted octanol–water partition coefficient (Wildman–Crippen LogP) is 2.65. The second-order valence-electron chi connectivity index (χ2n) is 4.22. The largest absolute Gasteiger partial charge is 0.323 e. The molecule has 0 fully saturated rings. The van der Waals surface area contributed by atoms with Crippen molar-refractivity contribution in [2.24, 2.45) is 0 Å². The molecular weight excluding hydrogens is 329 g/mol. The van der Waals surface area contributed by atoms with E-state index >= 15 is 0 Å². The molecule has 0 atom stereocenters. The van der Waals surface area contributed by atoms with Crippen LogP contribution in [-0.4, -0.2) is 31.2 Å². The number of thioether (sulfide) groups is 1. The zero-order valence-electron chi connectivity index (χ0n) is 11.0. The predicted molar refractivity (Wildman–Crippen MR) is 81.5 cm³/mol. The minimum Gasteiger partial charge on any atom is -0.323 e. The molecule has 0 aliphatic heterocycles. The molecule has 22 heavy (non-hydrogen) atoms. The van der Waals surface area contributed by atoms with Crippen LogP contribution in [0.15, 0.2) is 41.8 Å². The first-order valence-corrected chi connectivity index (χ1v) is 7.53. The van der Waals surface area contributed by atoms with Crippen molar-refractivity contribution in [3.05, 3.63) is 47.5 Å². The molecule has 0 spiro atoms. The second-order valence-corrected chi connectivity index (χ2v) is 5.60. The summed E-state index contributed by atoms with van der Waals surface area (Å²) in [6, 6.07) is 5.69. The lowest BCUT2D eigenvalue weighted by Gasteiger charge is -2.05. The Bertz CT molecular complexity index is 807. The van der Waals surface area contributed by atoms with Crippen molar-refractivity contribution >= 4 is 40.7 Å². The number of hydrogen-bond acceptors (Lipinski definition) is 5. The summed E-state index contributed by atoms with van der Waals surface area (Å²) < 4.78 is 15.0. The standard InChI is InChI=1S/C13H9ClFN5OS/c14-8-2-3-9(15)10(6-8)17-11(21)7-22-13-18-12-16-4-1-5-20(12)19-13/h1-6H,7H2,(H,17,21). The fraction of sp³-hybridized carbons (Fsp3) is 0.0769. The molecule has 6 nitrogen and oxygen atoms in total. The number of halogens is 2. The molecule has 0 radical (unpaired) electrons. The normalized spacial score (nSPS) is 10.8. The second kappa shape index (κ2) is 6.29. The Morgan fingerprint density at radius 2 is 2.32 bits per heavy atom. The highest BCUT2D eigenvalue weighted by atomic mass is 35.5. The molecule has 0 aliphatic rings. The highest BCUT2D eigenvalue weighted by molar-refractivity contribution is 7.99. The lowest BCUT2D eigenvalue weighted by Crippen LogP contribution is -2.15. The van der Waals surface area contributed by atoms with Gasteiger partial charge in [0.25, 0.3) is 5.78 Å². The van der Waals surface area contributed by atoms with Gasteiger partial charge < -0.3 is 5.32 Å². The van der Waals surface area contributed by atoms with Gasteiger partial charge in [-0.1, -0.05) is 23.4 Å². The number of carbonyl (C=O) groups is 1. The molecule has 0 saturated carbocycles. The molecule has 3 aromatic rings. The molecule has 0 saturated heterocycles. The third-order valence-electron chi connectivity index (χ3n) is 2.63. The van der Waals surface area contributed by atoms with Gasteiger partial charge in [0.15, 0.2) is 0 Å². The molecule has 3 rings (SSSR count). The van der Waals surface area contributed by atoms with Crippen molar-refractivity contribution in [2.75, 3.05) is 11.1 Å². The van der Waals surface area contributed by atoms with Crippen LogP contribution < -0.4 is 5.32 Å². The lowest BCUT2D eigenvalue weighted by atomic mass is 10.3. The van der Waals surface area contributed by atoms with E-state index in [2.05, 4.69) is 20.4 Å². The molecule has 2 heterocycles. The van der Waals surface area contributed by atoms with E-state index in [-0.39, 0.29) is 17.3 Å². The quantitative estimate of drug-likeness (QED) is 0.741. The van der Waals surface area contributed by atoms with Crippen molar-refractivity contribution in [1.29, 1.82) is 0 Å². The summed E-state index contributed by atoms with van der Waals surface area (Å²) in [5.74, 6) is -0.426. The molecule has 9 heteroatoms. The van der Waals surface area contributed by atoms with Crippen molar-refractivity contribution in [1.82, 2.24) is 19.6 Å². The van der Waals surface area contributed by atoms with E-state index in [4.69, 9.17) is 11.6 Å². The van der Waals surface area contributed by atoms with Gasteiger partial charge in [-0.25, -0.2) is 13.9 Å². The van der Waals surface area contributed by atoms with Crippen LogP contribution in [0.4, 0.5) is 10.1 Å². The highest BCUT2D eigenvalue weighted by Crippen LogP contribution is 2.20. The Kier molecular flexibility index (Phi) is 4.21. The van der Waals surface area contributed by atoms with Crippen LogP contribution in [-0.2, 0) is 4.79 Å². The van der Waals surface area contributed by atoms with E-state index in [0.29, 0.717) is 16.0 Å². The van der Waals surface area contributed by atoms with Crippen LogP contribution in [0.1, 0.15) is 0 Å². The van der Waals surface area contributed by atoms with Gasteiger partial charge in [-0.2, -0.15) is 4.98 Å². The molecular formula is C13H9ClFN5OS. The van der Waals surface area contributed by atoms with E-state index in [0.717, 1.165) is 11.8 Å². The topological polar surface area (TPSA) is 72.2 Å². The van der Waals surface area contributed by atoms with Crippen molar-refractivity contribution < 1.29 is 9.18 Å². The lowest BCUT2D eigenvalue weighted by molar-refractivity contribution is -0.113. The van der Waals surface area contributed by atoms with Gasteiger partial charge in [-0.3, -0.25) is 4.79 Å². The van der Waals surface area contributed by atoms with Crippen molar-refractivity contribution in [3.63, 3.8) is 0 Å². The molecule has 0 bridgehead atoms. The number of fused-ring (bicyclic) bond motifs is 1. The first-order chi connectivity index (χ1) is 10.6. The number of hydrogen-bond donors (Lipinski definition) is 1. The van der Waals surface area contributed by atoms with E-state index in [1.54, 1.807) is 18.5 Å². The number of nitrogens with one attached hydrogen (secondary N) is 1. The first-order valence-electron chi connectivity index (χ1n) is 6.17. The number of benzene rings is 1. The van der Waals surface area contributed by atoms with Gasteiger partial charge in [-0.05, 0) is 24.3 Å². The number of anilines is 1. The maximum absolute atomic E-state index is 13.5. The highest BCUT2D eigenvalue weighted by Gasteiger charge is 2.11. The van der Waals surface area contributed by atoms with E-state index in [1.807, 2.05) is 0 Å². The summed E-state index contributed by atoms with van der Waals surface area (Å²) in [4.78, 5) is 20.0. The maximum Gasteiger partial charge on any atom is 0.253 e. The molecule has 1 aromatic carbocycles. The van der Waals surface area contributed by atoms with Gasteiger partial charge in [0, 0.05) is 17.4 Å². The maximum atomic E-state index is 13.5. The van der Waals surface area contributed by atoms with E-state index < -0.39 is 5.82 Å². The van der Waals surface area contributed by atoms with E-state index in [1.165, 1.54) is 22.7 Å². The molecule has 0 aliphatic carbocycles. The van der Waals surface area contributed by atoms with Crippen LogP contribution in [0.2, 0.25) is 5.02 Å². The SMILES string of the molecule is O=C(CSc1nc2ncccn2n1)Nc1cc(Cl)ccc1F. The molecule has 112 valence electrons. The summed E-state index contributed by atoms with van der Waals surface area (Å²) in [7, 11) is 0. The van der Waals surface area contributed by atoms with Gasteiger partial charge in [-0.15, -0.1) is 5.10 Å². The van der Waals surface area contributed by atoms with Crippen molar-refractivity contribution in [2.45, 2.75) is 5.16 Å². The Morgan fingerprint density at radius 3 is 3.14 bits per heavy atom. The Morgan fingerprint density at radius 1 is 1.45 bits per heavy atom. The first kappa shape index (κ1) is 14.7. The number of aromatic nitrogens is 4. The summed E-state index contributed by atoms with van der Waals surface area (Å²) in [6.45, 7) is 0. The molecule has 1 N–H and O–H groups in total. The molecule has 0 unspecified atom stereocenters. The third kappa shape index (κ3) is 3.34. The van der Waals surface area contributed by atoms with Crippen LogP contribution in [0.25, 0.3) is 5.78 Å². The monoisotopic (exact) mass is 337 g/mol. The fourth-order valence-corrected chi connectivity index (χ4v) is 2.48. The third-order valence-corrected chi connectivity index (χ3v) is 3.70. The molecule has 2 aromatic heterocycles. The minimum atomic E-state index is -0.544. The number of nitrogens with zero attached hydrogens (tertiary/aromatic N) is 4. The summed E-state index contributed by atoms with van der Waals surface area (Å²) >= 11 is 6.90.